The Morgan fingerprint density at radius 3 is 1.23 bits per heavy atom. The van der Waals surface area contributed by atoms with Gasteiger partial charge in [0, 0.05) is 13.0 Å². The summed E-state index contributed by atoms with van der Waals surface area (Å²) in [5, 5.41) is 8.26. The molecule has 31 heavy (non-hydrogen) atoms. The zero-order valence-corrected chi connectivity index (χ0v) is 13.8. The molecule has 0 radical (unpaired) electrons. The predicted molar refractivity (Wildman–Crippen MR) is 59.2 cm³/mol. The molecule has 3 nitrogen and oxygen atoms in total. The summed E-state index contributed by atoms with van der Waals surface area (Å²) in [6.07, 6.45) is -41.6. The van der Waals surface area contributed by atoms with Gasteiger partial charge in [-0.3, -0.25) is 9.47 Å². The van der Waals surface area contributed by atoms with Crippen molar-refractivity contribution in [1.82, 2.24) is 0 Å². The van der Waals surface area contributed by atoms with Gasteiger partial charge in [0.15, 0.2) is 0 Å². The molecule has 0 aromatic heterocycles. The molecule has 0 heterocycles. The molecule has 0 saturated carbocycles. The molecule has 1 N–H and O–H groups in total. The first-order chi connectivity index (χ1) is 13.2. The van der Waals surface area contributed by atoms with Crippen molar-refractivity contribution in [2.24, 2.45) is 0 Å². The lowest BCUT2D eigenvalue weighted by atomic mass is 10.1. The molecule has 0 bridgehead atoms. The van der Waals surface area contributed by atoms with E-state index >= 15 is 0 Å². The minimum Gasteiger partial charge on any atom is -0.396 e. The number of hydrogen-bond donors (Lipinski definition) is 1. The Morgan fingerprint density at radius 1 is 0.516 bits per heavy atom. The minimum absolute atomic E-state index is 1.36. The average Bonchev–Trinajstić information content (AvgIpc) is 2.48. The number of rotatable bonds is 9. The lowest BCUT2D eigenvalue weighted by Crippen LogP contribution is -2.67. The van der Waals surface area contributed by atoms with Gasteiger partial charge in [0.1, 0.15) is 0 Å². The highest BCUT2D eigenvalue weighted by molar-refractivity contribution is 4.94. The van der Waals surface area contributed by atoms with E-state index in [1.165, 1.54) is 4.74 Å². The Labute approximate surface area is 158 Å². The standard InChI is InChI=1S/C11H7F17O3/c12-4(2-1-3-29,7(16,17)18)30-11(27,28)6(15,9(22,23)24)31-10(25,26)5(13,14)8(19,20)21/h29H,1-3H2. The molecule has 0 aromatic carbocycles. The number of halogens is 17. The molecule has 0 rings (SSSR count). The van der Waals surface area contributed by atoms with Gasteiger partial charge in [0.05, 0.1) is 0 Å². The highest BCUT2D eigenvalue weighted by atomic mass is 19.4. The van der Waals surface area contributed by atoms with Crippen molar-refractivity contribution in [2.45, 2.75) is 61.2 Å². The van der Waals surface area contributed by atoms with E-state index in [2.05, 4.69) is 0 Å². The summed E-state index contributed by atoms with van der Waals surface area (Å²) in [5.41, 5.74) is 0. The summed E-state index contributed by atoms with van der Waals surface area (Å²) in [7, 11) is 0. The Balaban J connectivity index is 6.51. The van der Waals surface area contributed by atoms with Gasteiger partial charge in [-0.25, -0.2) is 4.39 Å². The summed E-state index contributed by atoms with van der Waals surface area (Å²) < 4.78 is 220. The number of alkyl halides is 17. The van der Waals surface area contributed by atoms with Crippen LogP contribution in [0.4, 0.5) is 74.6 Å². The van der Waals surface area contributed by atoms with Gasteiger partial charge in [-0.1, -0.05) is 0 Å². The fourth-order valence-electron chi connectivity index (χ4n) is 1.51. The normalized spacial score (nSPS) is 19.2. The van der Waals surface area contributed by atoms with Crippen molar-refractivity contribution in [1.29, 1.82) is 0 Å². The summed E-state index contributed by atoms with van der Waals surface area (Å²) in [5.74, 6) is -21.7. The summed E-state index contributed by atoms with van der Waals surface area (Å²) in [6.45, 7) is -1.47. The van der Waals surface area contributed by atoms with Crippen LogP contribution in [0.3, 0.4) is 0 Å². The van der Waals surface area contributed by atoms with Gasteiger partial charge < -0.3 is 5.11 Å². The van der Waals surface area contributed by atoms with Crippen LogP contribution in [0, 0.1) is 0 Å². The van der Waals surface area contributed by atoms with E-state index in [9.17, 15) is 74.6 Å². The second-order valence-electron chi connectivity index (χ2n) is 5.46. The zero-order valence-electron chi connectivity index (χ0n) is 13.8. The zero-order chi connectivity index (χ0) is 25.5. The second-order valence-corrected chi connectivity index (χ2v) is 5.46. The quantitative estimate of drug-likeness (QED) is 0.409. The average molecular weight is 510 g/mol. The van der Waals surface area contributed by atoms with Crippen molar-refractivity contribution in [3.63, 3.8) is 0 Å². The topological polar surface area (TPSA) is 38.7 Å². The molecule has 0 aliphatic heterocycles. The van der Waals surface area contributed by atoms with E-state index < -0.39 is 67.8 Å². The predicted octanol–water partition coefficient (Wildman–Crippen LogP) is 5.63. The third kappa shape index (κ3) is 5.55. The van der Waals surface area contributed by atoms with Crippen molar-refractivity contribution >= 4 is 0 Å². The maximum absolute atomic E-state index is 13.7. The molecule has 20 heteroatoms. The number of aliphatic hydroxyl groups excluding tert-OH is 1. The molecule has 0 aliphatic rings. The second kappa shape index (κ2) is 8.23. The molecule has 0 saturated heterocycles. The minimum atomic E-state index is -7.88. The molecular formula is C11H7F17O3. The van der Waals surface area contributed by atoms with Gasteiger partial charge >= 0.3 is 48.4 Å². The molecule has 0 amide bonds. The summed E-state index contributed by atoms with van der Waals surface area (Å²) in [4.78, 5) is 0. The van der Waals surface area contributed by atoms with Crippen molar-refractivity contribution in [3.05, 3.63) is 0 Å². The number of aliphatic hydroxyl groups is 1. The van der Waals surface area contributed by atoms with Crippen LogP contribution in [0.25, 0.3) is 0 Å². The highest BCUT2D eigenvalue weighted by Crippen LogP contribution is 2.56. The number of hydrogen-bond acceptors (Lipinski definition) is 3. The largest absolute Gasteiger partial charge is 0.462 e. The van der Waals surface area contributed by atoms with Crippen LogP contribution in [0.1, 0.15) is 12.8 Å². The van der Waals surface area contributed by atoms with Gasteiger partial charge in [-0.05, 0) is 6.42 Å². The Morgan fingerprint density at radius 2 is 0.935 bits per heavy atom. The van der Waals surface area contributed by atoms with Crippen molar-refractivity contribution in [3.8, 4) is 0 Å². The van der Waals surface area contributed by atoms with E-state index in [0.717, 1.165) is 0 Å². The van der Waals surface area contributed by atoms with Crippen molar-refractivity contribution in [2.75, 3.05) is 6.61 Å². The lowest BCUT2D eigenvalue weighted by molar-refractivity contribution is -0.552. The SMILES string of the molecule is OCCCC(F)(OC(F)(F)C(F)(OC(F)(F)C(F)(F)C(F)(F)F)C(F)(F)F)C(F)(F)F. The van der Waals surface area contributed by atoms with Crippen LogP contribution in [0.15, 0.2) is 0 Å². The van der Waals surface area contributed by atoms with Crippen molar-refractivity contribution < 1.29 is 89.2 Å². The van der Waals surface area contributed by atoms with E-state index in [1.807, 2.05) is 4.74 Å². The van der Waals surface area contributed by atoms with E-state index in [-0.39, 0.29) is 0 Å². The van der Waals surface area contributed by atoms with E-state index in [1.54, 1.807) is 0 Å². The van der Waals surface area contributed by atoms with Crippen LogP contribution < -0.4 is 0 Å². The maximum atomic E-state index is 13.7. The molecule has 0 fully saturated rings. The summed E-state index contributed by atoms with van der Waals surface area (Å²) >= 11 is 0. The lowest BCUT2D eigenvalue weighted by Gasteiger charge is -2.40. The number of ether oxygens (including phenoxy) is 2. The molecular weight excluding hydrogens is 503 g/mol. The molecule has 188 valence electrons. The molecule has 0 aromatic rings. The van der Waals surface area contributed by atoms with Gasteiger partial charge in [-0.15, -0.1) is 0 Å². The Kier molecular flexibility index (Phi) is 7.89. The van der Waals surface area contributed by atoms with Crippen LogP contribution in [-0.4, -0.2) is 60.1 Å². The molecule has 2 atom stereocenters. The van der Waals surface area contributed by atoms with Crippen LogP contribution in [0.5, 0.6) is 0 Å². The maximum Gasteiger partial charge on any atom is 0.462 e. The fraction of sp³-hybridized carbons (Fsp3) is 1.00. The van der Waals surface area contributed by atoms with Crippen LogP contribution in [0.2, 0.25) is 0 Å². The smallest absolute Gasteiger partial charge is 0.396 e. The first kappa shape index (κ1) is 29.7. The Bertz CT molecular complexity index is 608. The molecule has 0 spiro atoms. The van der Waals surface area contributed by atoms with Gasteiger partial charge in [-0.2, -0.15) is 70.2 Å². The van der Waals surface area contributed by atoms with Gasteiger partial charge in [0.25, 0.3) is 0 Å². The van der Waals surface area contributed by atoms with E-state index in [4.69, 9.17) is 5.11 Å². The van der Waals surface area contributed by atoms with Gasteiger partial charge in [0.2, 0.25) is 0 Å². The third-order valence-electron chi connectivity index (χ3n) is 3.10. The highest BCUT2D eigenvalue weighted by Gasteiger charge is 2.84. The summed E-state index contributed by atoms with van der Waals surface area (Å²) in [6, 6.07) is 0. The molecule has 2 unspecified atom stereocenters. The van der Waals surface area contributed by atoms with Crippen LogP contribution in [-0.2, 0) is 9.47 Å². The third-order valence-corrected chi connectivity index (χ3v) is 3.10. The fourth-order valence-corrected chi connectivity index (χ4v) is 1.51. The first-order valence-electron chi connectivity index (χ1n) is 6.95. The first-order valence-corrected chi connectivity index (χ1v) is 6.95. The Hall–Kier alpha value is -1.31. The van der Waals surface area contributed by atoms with E-state index in [0.29, 0.717) is 0 Å². The van der Waals surface area contributed by atoms with Crippen LogP contribution >= 0.6 is 0 Å². The molecule has 0 aliphatic carbocycles. The monoisotopic (exact) mass is 510 g/mol.